The van der Waals surface area contributed by atoms with Crippen LogP contribution in [0.4, 0.5) is 5.69 Å². The molecular formula is C23H31N3O3S. The zero-order valence-electron chi connectivity index (χ0n) is 17.5. The van der Waals surface area contributed by atoms with E-state index in [9.17, 15) is 13.2 Å². The Hall–Kier alpha value is -2.38. The van der Waals surface area contributed by atoms with Crippen LogP contribution in [0.15, 0.2) is 59.5 Å². The van der Waals surface area contributed by atoms with Gasteiger partial charge in [-0.15, -0.1) is 0 Å². The molecule has 0 aromatic heterocycles. The van der Waals surface area contributed by atoms with Gasteiger partial charge >= 0.3 is 0 Å². The number of hydrogen-bond donors (Lipinski definition) is 2. The Balaban J connectivity index is 1.47. The number of likely N-dealkylation sites (tertiary alicyclic amines) is 1. The fourth-order valence-corrected chi connectivity index (χ4v) is 4.99. The summed E-state index contributed by atoms with van der Waals surface area (Å²) >= 11 is 0. The van der Waals surface area contributed by atoms with Gasteiger partial charge in [-0.2, -0.15) is 0 Å². The highest BCUT2D eigenvalue weighted by molar-refractivity contribution is 7.92. The molecule has 1 amide bonds. The van der Waals surface area contributed by atoms with Crippen molar-refractivity contribution in [1.29, 1.82) is 0 Å². The van der Waals surface area contributed by atoms with E-state index in [1.54, 1.807) is 42.5 Å². The van der Waals surface area contributed by atoms with E-state index in [2.05, 4.69) is 21.9 Å². The number of hydrogen-bond acceptors (Lipinski definition) is 4. The first-order chi connectivity index (χ1) is 14.5. The molecule has 1 saturated heterocycles. The van der Waals surface area contributed by atoms with Crippen LogP contribution in [-0.2, 0) is 10.0 Å². The average Bonchev–Trinajstić information content (AvgIpc) is 2.77. The number of carbonyl (C=O) groups is 1. The minimum Gasteiger partial charge on any atom is -0.352 e. The number of sulfonamides is 1. The Labute approximate surface area is 179 Å². The molecule has 1 atom stereocenters. The summed E-state index contributed by atoms with van der Waals surface area (Å²) in [4.78, 5) is 15.1. The van der Waals surface area contributed by atoms with Crippen LogP contribution in [0.25, 0.3) is 0 Å². The van der Waals surface area contributed by atoms with E-state index in [0.717, 1.165) is 19.5 Å². The van der Waals surface area contributed by atoms with Crippen molar-refractivity contribution in [3.05, 3.63) is 60.2 Å². The summed E-state index contributed by atoms with van der Waals surface area (Å²) in [7, 11) is -3.64. The van der Waals surface area contributed by atoms with Crippen molar-refractivity contribution in [2.24, 2.45) is 0 Å². The first kappa shape index (κ1) is 22.3. The molecule has 7 heteroatoms. The van der Waals surface area contributed by atoms with E-state index in [4.69, 9.17) is 0 Å². The van der Waals surface area contributed by atoms with Gasteiger partial charge in [-0.3, -0.25) is 9.52 Å². The number of anilines is 1. The van der Waals surface area contributed by atoms with E-state index < -0.39 is 10.0 Å². The van der Waals surface area contributed by atoms with Gasteiger partial charge in [0.1, 0.15) is 0 Å². The Morgan fingerprint density at radius 1 is 1.07 bits per heavy atom. The van der Waals surface area contributed by atoms with Crippen molar-refractivity contribution in [2.45, 2.75) is 50.0 Å². The van der Waals surface area contributed by atoms with Crippen molar-refractivity contribution in [3.8, 4) is 0 Å². The highest BCUT2D eigenvalue weighted by atomic mass is 32.2. The average molecular weight is 430 g/mol. The third-order valence-corrected chi connectivity index (χ3v) is 6.98. The molecule has 1 fully saturated rings. The zero-order chi connectivity index (χ0) is 21.4. The Morgan fingerprint density at radius 2 is 1.80 bits per heavy atom. The van der Waals surface area contributed by atoms with Crippen LogP contribution in [0.5, 0.6) is 0 Å². The van der Waals surface area contributed by atoms with Gasteiger partial charge in [0.2, 0.25) is 0 Å². The highest BCUT2D eigenvalue weighted by Crippen LogP contribution is 2.19. The van der Waals surface area contributed by atoms with Crippen molar-refractivity contribution >= 4 is 21.6 Å². The lowest BCUT2D eigenvalue weighted by Crippen LogP contribution is -2.40. The molecule has 0 aliphatic carbocycles. The lowest BCUT2D eigenvalue weighted by atomic mass is 10.00. The molecule has 30 heavy (non-hydrogen) atoms. The standard InChI is InChI=1S/C23H31N3O3S/c1-2-21-9-6-7-17-26(21)18-8-16-24-23(27)19-12-14-20(15-13-19)25-30(28,29)22-10-4-3-5-11-22/h3-5,10-15,21,25H,2,6-9,16-18H2,1H3,(H,24,27). The third-order valence-electron chi connectivity index (χ3n) is 5.58. The molecule has 0 bridgehead atoms. The number of rotatable bonds is 9. The van der Waals surface area contributed by atoms with Crippen molar-refractivity contribution < 1.29 is 13.2 Å². The van der Waals surface area contributed by atoms with Crippen LogP contribution in [0.2, 0.25) is 0 Å². The number of piperidine rings is 1. The predicted molar refractivity (Wildman–Crippen MR) is 120 cm³/mol. The van der Waals surface area contributed by atoms with Crippen LogP contribution in [0.3, 0.4) is 0 Å². The lowest BCUT2D eigenvalue weighted by molar-refractivity contribution is 0.0947. The maximum atomic E-state index is 12.4. The van der Waals surface area contributed by atoms with Gasteiger partial charge in [0.25, 0.3) is 15.9 Å². The summed E-state index contributed by atoms with van der Waals surface area (Å²) in [6.07, 6.45) is 5.99. The monoisotopic (exact) mass is 429 g/mol. The highest BCUT2D eigenvalue weighted by Gasteiger charge is 2.20. The summed E-state index contributed by atoms with van der Waals surface area (Å²) in [5.41, 5.74) is 0.938. The largest absolute Gasteiger partial charge is 0.352 e. The van der Waals surface area contributed by atoms with Gasteiger partial charge in [-0.25, -0.2) is 8.42 Å². The number of amides is 1. The molecule has 1 aliphatic heterocycles. The normalized spacial score (nSPS) is 17.4. The summed E-state index contributed by atoms with van der Waals surface area (Å²) in [5, 5.41) is 2.96. The zero-order valence-corrected chi connectivity index (χ0v) is 18.3. The maximum Gasteiger partial charge on any atom is 0.261 e. The van der Waals surface area contributed by atoms with Crippen LogP contribution >= 0.6 is 0 Å². The number of benzene rings is 2. The molecular weight excluding hydrogens is 398 g/mol. The quantitative estimate of drug-likeness (QED) is 0.593. The Kier molecular flexibility index (Phi) is 7.87. The van der Waals surface area contributed by atoms with Gasteiger partial charge in [-0.05, 0) is 68.6 Å². The second-order valence-corrected chi connectivity index (χ2v) is 9.38. The fraction of sp³-hybridized carbons (Fsp3) is 0.435. The van der Waals surface area contributed by atoms with Crippen LogP contribution in [-0.4, -0.2) is 44.9 Å². The molecule has 0 radical (unpaired) electrons. The third kappa shape index (κ3) is 6.06. The summed E-state index contributed by atoms with van der Waals surface area (Å²) < 4.78 is 27.3. The number of nitrogens with zero attached hydrogens (tertiary/aromatic N) is 1. The molecule has 2 aromatic carbocycles. The number of carbonyl (C=O) groups excluding carboxylic acids is 1. The van der Waals surface area contributed by atoms with E-state index in [1.165, 1.54) is 37.8 Å². The summed E-state index contributed by atoms with van der Waals surface area (Å²) in [5.74, 6) is -0.141. The first-order valence-corrected chi connectivity index (χ1v) is 12.2. The van der Waals surface area contributed by atoms with Crippen LogP contribution in [0, 0.1) is 0 Å². The smallest absolute Gasteiger partial charge is 0.261 e. The second-order valence-electron chi connectivity index (χ2n) is 7.70. The predicted octanol–water partition coefficient (Wildman–Crippen LogP) is 3.87. The molecule has 1 aliphatic rings. The van der Waals surface area contributed by atoms with Crippen molar-refractivity contribution in [1.82, 2.24) is 10.2 Å². The van der Waals surface area contributed by atoms with Gasteiger partial charge in [0.05, 0.1) is 4.90 Å². The van der Waals surface area contributed by atoms with E-state index >= 15 is 0 Å². The van der Waals surface area contributed by atoms with E-state index in [1.807, 2.05) is 0 Å². The molecule has 2 N–H and O–H groups in total. The number of nitrogens with one attached hydrogen (secondary N) is 2. The minimum atomic E-state index is -3.64. The van der Waals surface area contributed by atoms with E-state index in [0.29, 0.717) is 23.8 Å². The Bertz CT molecular complexity index is 914. The van der Waals surface area contributed by atoms with E-state index in [-0.39, 0.29) is 10.8 Å². The molecule has 0 saturated carbocycles. The second kappa shape index (κ2) is 10.6. The van der Waals surface area contributed by atoms with Gasteiger partial charge < -0.3 is 10.2 Å². The Morgan fingerprint density at radius 3 is 2.50 bits per heavy atom. The maximum absolute atomic E-state index is 12.4. The fourth-order valence-electron chi connectivity index (χ4n) is 3.91. The molecule has 0 spiro atoms. The molecule has 1 heterocycles. The van der Waals surface area contributed by atoms with Crippen molar-refractivity contribution in [2.75, 3.05) is 24.4 Å². The van der Waals surface area contributed by atoms with Crippen LogP contribution < -0.4 is 10.0 Å². The molecule has 2 aromatic rings. The van der Waals surface area contributed by atoms with Crippen molar-refractivity contribution in [3.63, 3.8) is 0 Å². The summed E-state index contributed by atoms with van der Waals surface area (Å²) in [6, 6.07) is 15.4. The van der Waals surface area contributed by atoms with Crippen LogP contribution in [0.1, 0.15) is 49.4 Å². The molecule has 1 unspecified atom stereocenters. The topological polar surface area (TPSA) is 78.5 Å². The molecule has 162 valence electrons. The van der Waals surface area contributed by atoms with Gasteiger partial charge in [0.15, 0.2) is 0 Å². The molecule has 3 rings (SSSR count). The minimum absolute atomic E-state index is 0.141. The van der Waals surface area contributed by atoms with Gasteiger partial charge in [-0.1, -0.05) is 31.5 Å². The first-order valence-electron chi connectivity index (χ1n) is 10.7. The molecule has 6 nitrogen and oxygen atoms in total. The van der Waals surface area contributed by atoms with Gasteiger partial charge in [0, 0.05) is 30.4 Å². The SMILES string of the molecule is CCC1CCCCN1CCCNC(=O)c1ccc(NS(=O)(=O)c2ccccc2)cc1. The summed E-state index contributed by atoms with van der Waals surface area (Å²) in [6.45, 7) is 5.05. The lowest BCUT2D eigenvalue weighted by Gasteiger charge is -2.35.